The molecule has 0 aromatic rings. The summed E-state index contributed by atoms with van der Waals surface area (Å²) in [4.78, 5) is 22.8. The Bertz CT molecular complexity index is 911. The third kappa shape index (κ3) is 45.5. The first-order valence-corrected chi connectivity index (χ1v) is 28.1. The number of unbranched alkanes of at least 4 members (excludes halogenated alkanes) is 39. The van der Waals surface area contributed by atoms with E-state index in [4.69, 9.17) is 14.8 Å². The molecule has 0 saturated heterocycles. The fourth-order valence-corrected chi connectivity index (χ4v) is 9.19. The molecule has 0 aliphatic carbocycles. The summed E-state index contributed by atoms with van der Waals surface area (Å²) in [6.45, 7) is 4.23. The zero-order chi connectivity index (χ0) is 43.9. The predicted octanol–water partition coefficient (Wildman–Crippen LogP) is 15.7. The number of aliphatic hydroxyl groups excluding tert-OH is 1. The lowest BCUT2D eigenvalue weighted by Crippen LogP contribution is -2.46. The number of amides is 1. The number of phosphoric acid groups is 1. The van der Waals surface area contributed by atoms with Crippen molar-refractivity contribution in [1.29, 1.82) is 0 Å². The van der Waals surface area contributed by atoms with Gasteiger partial charge in [-0.05, 0) is 12.8 Å². The number of nitrogens with two attached hydrogens (primary N) is 1. The van der Waals surface area contributed by atoms with Crippen molar-refractivity contribution in [2.45, 2.75) is 302 Å². The van der Waals surface area contributed by atoms with E-state index < -0.39 is 20.0 Å². The SMILES string of the molecule is CCCCCCCCCCCCCCCCCCCCCCCCCCCCCCCCCC(=O)N[C@@H](COP(=O)(O)OCCN)[C@H](O)CCCCCCCCCCCC. The second kappa shape index (κ2) is 48.0. The zero-order valence-corrected chi connectivity index (χ0v) is 41.1. The fraction of sp³-hybridized carbons (Fsp3) is 0.980. The highest BCUT2D eigenvalue weighted by Crippen LogP contribution is 2.43. The maximum Gasteiger partial charge on any atom is 0.472 e. The largest absolute Gasteiger partial charge is 0.472 e. The summed E-state index contributed by atoms with van der Waals surface area (Å²) >= 11 is 0. The molecule has 1 unspecified atom stereocenters. The Morgan fingerprint density at radius 2 is 0.767 bits per heavy atom. The molecule has 360 valence electrons. The third-order valence-electron chi connectivity index (χ3n) is 12.5. The van der Waals surface area contributed by atoms with E-state index in [9.17, 15) is 19.4 Å². The van der Waals surface area contributed by atoms with Crippen molar-refractivity contribution < 1.29 is 28.4 Å². The highest BCUT2D eigenvalue weighted by Gasteiger charge is 2.27. The van der Waals surface area contributed by atoms with Gasteiger partial charge in [0.05, 0.1) is 25.4 Å². The van der Waals surface area contributed by atoms with E-state index in [0.29, 0.717) is 12.8 Å². The Hall–Kier alpha value is -0.500. The highest BCUT2D eigenvalue weighted by molar-refractivity contribution is 7.47. The van der Waals surface area contributed by atoms with Crippen molar-refractivity contribution in [2.75, 3.05) is 19.8 Å². The number of carbonyl (C=O) groups excluding carboxylic acids is 1. The second-order valence-corrected chi connectivity index (χ2v) is 19.9. The van der Waals surface area contributed by atoms with Crippen LogP contribution in [0.25, 0.3) is 0 Å². The monoisotopic (exact) mass is 873 g/mol. The predicted molar refractivity (Wildman–Crippen MR) is 259 cm³/mol. The summed E-state index contributed by atoms with van der Waals surface area (Å²) in [5.74, 6) is -0.156. The van der Waals surface area contributed by atoms with Gasteiger partial charge in [-0.2, -0.15) is 0 Å². The van der Waals surface area contributed by atoms with Crippen LogP contribution >= 0.6 is 7.82 Å². The lowest BCUT2D eigenvalue weighted by molar-refractivity contribution is -0.123. The van der Waals surface area contributed by atoms with Gasteiger partial charge in [0.2, 0.25) is 5.91 Å². The molecule has 0 spiro atoms. The van der Waals surface area contributed by atoms with Gasteiger partial charge in [0.15, 0.2) is 0 Å². The summed E-state index contributed by atoms with van der Waals surface area (Å²) in [5.41, 5.74) is 5.39. The van der Waals surface area contributed by atoms with Crippen molar-refractivity contribution in [3.05, 3.63) is 0 Å². The van der Waals surface area contributed by atoms with Crippen LogP contribution in [0, 0.1) is 0 Å². The average Bonchev–Trinajstić information content (AvgIpc) is 3.24. The number of nitrogens with one attached hydrogen (secondary N) is 1. The van der Waals surface area contributed by atoms with Gasteiger partial charge in [0.1, 0.15) is 0 Å². The standard InChI is InChI=1S/C51H105N2O6P/c1-3-5-7-9-11-13-15-16-17-18-19-20-21-22-23-24-25-26-27-28-29-30-31-32-33-34-35-37-39-41-43-45-51(55)53-49(48-59-60(56,57)58-47-46-52)50(54)44-42-40-38-36-14-12-10-8-6-4-2/h49-50,54H,3-48,52H2,1-2H3,(H,53,55)(H,56,57)/t49-,50+/m0/s1. The van der Waals surface area contributed by atoms with Crippen molar-refractivity contribution in [1.82, 2.24) is 5.32 Å². The number of rotatable bonds is 51. The molecular weight excluding hydrogens is 768 g/mol. The third-order valence-corrected chi connectivity index (χ3v) is 13.4. The molecule has 0 bridgehead atoms. The molecule has 8 nitrogen and oxygen atoms in total. The van der Waals surface area contributed by atoms with Crippen LogP contribution < -0.4 is 11.1 Å². The van der Waals surface area contributed by atoms with Crippen molar-refractivity contribution in [2.24, 2.45) is 5.73 Å². The Kier molecular flexibility index (Phi) is 47.6. The number of hydrogen-bond donors (Lipinski definition) is 4. The topological polar surface area (TPSA) is 131 Å². The van der Waals surface area contributed by atoms with E-state index in [1.54, 1.807) is 0 Å². The van der Waals surface area contributed by atoms with Crippen LogP contribution in [0.3, 0.4) is 0 Å². The highest BCUT2D eigenvalue weighted by atomic mass is 31.2. The minimum atomic E-state index is -4.31. The number of phosphoric ester groups is 1. The quantitative estimate of drug-likeness (QED) is 0.0354. The molecule has 0 rings (SSSR count). The van der Waals surface area contributed by atoms with E-state index in [2.05, 4.69) is 19.2 Å². The summed E-state index contributed by atoms with van der Waals surface area (Å²) < 4.78 is 22.2. The van der Waals surface area contributed by atoms with Crippen LogP contribution in [0.5, 0.6) is 0 Å². The Balaban J connectivity index is 3.75. The van der Waals surface area contributed by atoms with Gasteiger partial charge >= 0.3 is 7.82 Å². The van der Waals surface area contributed by atoms with E-state index in [1.807, 2.05) is 0 Å². The number of carbonyl (C=O) groups is 1. The van der Waals surface area contributed by atoms with E-state index in [1.165, 1.54) is 225 Å². The van der Waals surface area contributed by atoms with E-state index in [-0.39, 0.29) is 25.7 Å². The minimum Gasteiger partial charge on any atom is -0.391 e. The van der Waals surface area contributed by atoms with Crippen molar-refractivity contribution in [3.8, 4) is 0 Å². The van der Waals surface area contributed by atoms with Gasteiger partial charge in [0, 0.05) is 13.0 Å². The van der Waals surface area contributed by atoms with Gasteiger partial charge < -0.3 is 21.1 Å². The second-order valence-electron chi connectivity index (χ2n) is 18.5. The first kappa shape index (κ1) is 59.5. The smallest absolute Gasteiger partial charge is 0.391 e. The molecule has 5 N–H and O–H groups in total. The molecule has 0 aliphatic rings. The molecule has 1 amide bonds. The maximum absolute atomic E-state index is 12.8. The minimum absolute atomic E-state index is 0.0924. The van der Waals surface area contributed by atoms with Gasteiger partial charge in [0.25, 0.3) is 0 Å². The number of aliphatic hydroxyl groups is 1. The lowest BCUT2D eigenvalue weighted by atomic mass is 10.0. The van der Waals surface area contributed by atoms with E-state index in [0.717, 1.165) is 38.5 Å². The van der Waals surface area contributed by atoms with Crippen LogP contribution in [0.2, 0.25) is 0 Å². The first-order chi connectivity index (χ1) is 29.4. The Labute approximate surface area is 373 Å². The summed E-state index contributed by atoms with van der Waals surface area (Å²) in [5, 5.41) is 13.8. The van der Waals surface area contributed by atoms with Crippen LogP contribution in [0.15, 0.2) is 0 Å². The fourth-order valence-electron chi connectivity index (χ4n) is 8.44. The van der Waals surface area contributed by atoms with Crippen molar-refractivity contribution in [3.63, 3.8) is 0 Å². The molecule has 0 aromatic heterocycles. The Morgan fingerprint density at radius 1 is 0.483 bits per heavy atom. The van der Waals surface area contributed by atoms with Gasteiger partial charge in [-0.15, -0.1) is 0 Å². The first-order valence-electron chi connectivity index (χ1n) is 26.7. The van der Waals surface area contributed by atoms with Crippen LogP contribution in [0.4, 0.5) is 0 Å². The molecule has 0 aromatic carbocycles. The average molecular weight is 873 g/mol. The van der Waals surface area contributed by atoms with Crippen LogP contribution in [-0.2, 0) is 18.4 Å². The molecule has 0 saturated carbocycles. The molecule has 0 heterocycles. The van der Waals surface area contributed by atoms with E-state index >= 15 is 0 Å². The van der Waals surface area contributed by atoms with Crippen molar-refractivity contribution >= 4 is 13.7 Å². The van der Waals surface area contributed by atoms with Crippen LogP contribution in [0.1, 0.15) is 290 Å². The molecule has 9 heteroatoms. The van der Waals surface area contributed by atoms with Gasteiger partial charge in [-0.25, -0.2) is 4.57 Å². The van der Waals surface area contributed by atoms with Gasteiger partial charge in [-0.1, -0.05) is 271 Å². The Morgan fingerprint density at radius 3 is 1.07 bits per heavy atom. The lowest BCUT2D eigenvalue weighted by Gasteiger charge is -2.25. The molecule has 0 aliphatic heterocycles. The zero-order valence-electron chi connectivity index (χ0n) is 40.2. The molecule has 3 atom stereocenters. The molecule has 60 heavy (non-hydrogen) atoms. The van der Waals surface area contributed by atoms with Gasteiger partial charge in [-0.3, -0.25) is 13.8 Å². The normalized spacial score (nSPS) is 13.8. The molecule has 0 fully saturated rings. The van der Waals surface area contributed by atoms with Crippen LogP contribution in [-0.4, -0.2) is 47.8 Å². The summed E-state index contributed by atoms with van der Waals surface area (Å²) in [6.07, 6.45) is 54.5. The molecule has 0 radical (unpaired) electrons. The maximum atomic E-state index is 12.8. The molecular formula is C51H105N2O6P. The summed E-state index contributed by atoms with van der Waals surface area (Å²) in [7, 11) is -4.31. The number of hydrogen-bond acceptors (Lipinski definition) is 6. The summed E-state index contributed by atoms with van der Waals surface area (Å²) in [6, 6.07) is -0.767.